The van der Waals surface area contributed by atoms with Gasteiger partial charge in [0, 0.05) is 17.0 Å². The Labute approximate surface area is 119 Å². The highest BCUT2D eigenvalue weighted by Crippen LogP contribution is 2.24. The number of halogens is 2. The van der Waals surface area contributed by atoms with E-state index in [9.17, 15) is 4.79 Å². The van der Waals surface area contributed by atoms with E-state index in [4.69, 9.17) is 17.3 Å². The van der Waals surface area contributed by atoms with E-state index in [0.29, 0.717) is 11.6 Å². The predicted octanol–water partition coefficient (Wildman–Crippen LogP) is 2.50. The van der Waals surface area contributed by atoms with Gasteiger partial charge in [0.25, 0.3) is 0 Å². The minimum Gasteiger partial charge on any atom is -0.354 e. The fourth-order valence-electron chi connectivity index (χ4n) is 1.48. The van der Waals surface area contributed by atoms with Crippen molar-refractivity contribution in [3.8, 4) is 0 Å². The summed E-state index contributed by atoms with van der Waals surface area (Å²) in [5.74, 6) is -0.139. The molecule has 18 heavy (non-hydrogen) atoms. The van der Waals surface area contributed by atoms with Crippen LogP contribution in [-0.4, -0.2) is 18.5 Å². The van der Waals surface area contributed by atoms with Crippen LogP contribution in [0.4, 0.5) is 0 Å². The van der Waals surface area contributed by atoms with E-state index in [2.05, 4.69) is 19.2 Å². The summed E-state index contributed by atoms with van der Waals surface area (Å²) in [5.41, 5.74) is 6.42. The maximum absolute atomic E-state index is 11.4. The fraction of sp³-hybridized carbons (Fsp3) is 0.462. The number of hydrogen-bond acceptors (Lipinski definition) is 2. The van der Waals surface area contributed by atoms with Crippen molar-refractivity contribution >= 4 is 29.9 Å². The minimum atomic E-state index is -0.481. The zero-order valence-electron chi connectivity index (χ0n) is 10.9. The molecule has 1 atom stereocenters. The summed E-state index contributed by atoms with van der Waals surface area (Å²) in [6.07, 6.45) is 0. The van der Waals surface area contributed by atoms with Crippen molar-refractivity contribution in [3.63, 3.8) is 0 Å². The molecule has 3 N–H and O–H groups in total. The van der Waals surface area contributed by atoms with E-state index in [1.54, 1.807) is 6.92 Å². The van der Waals surface area contributed by atoms with Crippen LogP contribution >= 0.6 is 24.0 Å². The second-order valence-electron chi connectivity index (χ2n) is 4.90. The smallest absolute Gasteiger partial charge is 0.236 e. The zero-order chi connectivity index (χ0) is 13.1. The summed E-state index contributed by atoms with van der Waals surface area (Å²) >= 11 is 5.96. The average Bonchev–Trinajstić information content (AvgIpc) is 2.26. The lowest BCUT2D eigenvalue weighted by Gasteiger charge is -2.26. The Kier molecular flexibility index (Phi) is 6.68. The van der Waals surface area contributed by atoms with Gasteiger partial charge in [-0.05, 0) is 24.6 Å². The van der Waals surface area contributed by atoms with Crippen LogP contribution in [0.3, 0.4) is 0 Å². The highest BCUT2D eigenvalue weighted by molar-refractivity contribution is 6.30. The highest BCUT2D eigenvalue weighted by atomic mass is 35.5. The number of rotatable bonds is 4. The number of carbonyl (C=O) groups excluding carboxylic acids is 1. The Balaban J connectivity index is 0.00000289. The van der Waals surface area contributed by atoms with Gasteiger partial charge in [0.2, 0.25) is 5.91 Å². The SMILES string of the molecule is C[C@H](N)C(=O)NCC(C)(C)c1cccc(Cl)c1.Cl. The average molecular weight is 291 g/mol. The van der Waals surface area contributed by atoms with E-state index < -0.39 is 6.04 Å². The van der Waals surface area contributed by atoms with Crippen LogP contribution in [0.5, 0.6) is 0 Å². The van der Waals surface area contributed by atoms with Gasteiger partial charge in [-0.1, -0.05) is 37.6 Å². The quantitative estimate of drug-likeness (QED) is 0.895. The van der Waals surface area contributed by atoms with Crippen molar-refractivity contribution in [3.05, 3.63) is 34.9 Å². The zero-order valence-corrected chi connectivity index (χ0v) is 12.4. The summed E-state index contributed by atoms with van der Waals surface area (Å²) in [4.78, 5) is 11.4. The van der Waals surface area contributed by atoms with E-state index in [0.717, 1.165) is 5.56 Å². The molecule has 0 aromatic heterocycles. The van der Waals surface area contributed by atoms with Crippen molar-refractivity contribution in [1.82, 2.24) is 5.32 Å². The largest absolute Gasteiger partial charge is 0.354 e. The highest BCUT2D eigenvalue weighted by Gasteiger charge is 2.22. The molecule has 3 nitrogen and oxygen atoms in total. The first-order chi connectivity index (χ1) is 7.83. The first-order valence-electron chi connectivity index (χ1n) is 5.62. The van der Waals surface area contributed by atoms with Crippen molar-refractivity contribution < 1.29 is 4.79 Å². The number of amides is 1. The summed E-state index contributed by atoms with van der Waals surface area (Å²) in [6.45, 7) is 6.32. The van der Waals surface area contributed by atoms with Crippen LogP contribution in [0.15, 0.2) is 24.3 Å². The lowest BCUT2D eigenvalue weighted by molar-refractivity contribution is -0.122. The van der Waals surface area contributed by atoms with E-state index >= 15 is 0 Å². The van der Waals surface area contributed by atoms with Crippen molar-refractivity contribution in [2.75, 3.05) is 6.54 Å². The maximum atomic E-state index is 11.4. The fourth-order valence-corrected chi connectivity index (χ4v) is 1.67. The molecule has 0 unspecified atom stereocenters. The van der Waals surface area contributed by atoms with Crippen molar-refractivity contribution in [2.24, 2.45) is 5.73 Å². The van der Waals surface area contributed by atoms with E-state index in [1.165, 1.54) is 0 Å². The third-order valence-corrected chi connectivity index (χ3v) is 2.96. The van der Waals surface area contributed by atoms with Crippen molar-refractivity contribution in [2.45, 2.75) is 32.2 Å². The van der Waals surface area contributed by atoms with Crippen LogP contribution in [0.1, 0.15) is 26.3 Å². The molecule has 0 saturated heterocycles. The Morgan fingerprint density at radius 1 is 1.50 bits per heavy atom. The molecule has 0 heterocycles. The van der Waals surface area contributed by atoms with Crippen LogP contribution in [0.25, 0.3) is 0 Å². The molecule has 0 spiro atoms. The summed E-state index contributed by atoms with van der Waals surface area (Å²) in [6, 6.07) is 7.18. The number of nitrogens with one attached hydrogen (secondary N) is 1. The molecule has 0 aliphatic heterocycles. The molecule has 0 saturated carbocycles. The molecule has 0 aliphatic carbocycles. The minimum absolute atomic E-state index is 0. The second kappa shape index (κ2) is 6.98. The van der Waals surface area contributed by atoms with Gasteiger partial charge in [-0.2, -0.15) is 0 Å². The van der Waals surface area contributed by atoms with Crippen LogP contribution < -0.4 is 11.1 Å². The van der Waals surface area contributed by atoms with Gasteiger partial charge in [0.05, 0.1) is 6.04 Å². The summed E-state index contributed by atoms with van der Waals surface area (Å²) in [5, 5.41) is 3.54. The molecule has 0 radical (unpaired) electrons. The van der Waals surface area contributed by atoms with Gasteiger partial charge >= 0.3 is 0 Å². The van der Waals surface area contributed by atoms with E-state index in [1.807, 2.05) is 24.3 Å². The van der Waals surface area contributed by atoms with Gasteiger partial charge in [0.1, 0.15) is 0 Å². The van der Waals surface area contributed by atoms with Crippen LogP contribution in [0, 0.1) is 0 Å². The predicted molar refractivity (Wildman–Crippen MR) is 78.4 cm³/mol. The Hall–Kier alpha value is -0.770. The molecule has 0 fully saturated rings. The van der Waals surface area contributed by atoms with Gasteiger partial charge < -0.3 is 11.1 Å². The number of nitrogens with two attached hydrogens (primary N) is 1. The Morgan fingerprint density at radius 2 is 2.11 bits per heavy atom. The number of hydrogen-bond donors (Lipinski definition) is 2. The molecule has 1 aromatic carbocycles. The molecule has 0 bridgehead atoms. The molecule has 1 aromatic rings. The monoisotopic (exact) mass is 290 g/mol. The third-order valence-electron chi connectivity index (χ3n) is 2.72. The topological polar surface area (TPSA) is 55.1 Å². The van der Waals surface area contributed by atoms with Gasteiger partial charge in [-0.3, -0.25) is 4.79 Å². The number of carbonyl (C=O) groups is 1. The first kappa shape index (κ1) is 17.2. The third kappa shape index (κ3) is 4.84. The molecule has 1 amide bonds. The van der Waals surface area contributed by atoms with Crippen LogP contribution in [0.2, 0.25) is 5.02 Å². The molecular formula is C13H20Cl2N2O. The van der Waals surface area contributed by atoms with E-state index in [-0.39, 0.29) is 23.7 Å². The maximum Gasteiger partial charge on any atom is 0.236 e. The lowest BCUT2D eigenvalue weighted by Crippen LogP contribution is -2.43. The molecule has 102 valence electrons. The van der Waals surface area contributed by atoms with Gasteiger partial charge in [-0.25, -0.2) is 0 Å². The molecule has 5 heteroatoms. The second-order valence-corrected chi connectivity index (χ2v) is 5.34. The Bertz CT molecular complexity index is 406. The van der Waals surface area contributed by atoms with Crippen molar-refractivity contribution in [1.29, 1.82) is 0 Å². The first-order valence-corrected chi connectivity index (χ1v) is 6.00. The Morgan fingerprint density at radius 3 is 2.61 bits per heavy atom. The number of benzene rings is 1. The standard InChI is InChI=1S/C13H19ClN2O.ClH/c1-9(15)12(17)16-8-13(2,3)10-5-4-6-11(14)7-10;/h4-7,9H,8,15H2,1-3H3,(H,16,17);1H/t9-;/m0./s1. The molecule has 1 rings (SSSR count). The normalized spacial score (nSPS) is 12.5. The summed E-state index contributed by atoms with van der Waals surface area (Å²) in [7, 11) is 0. The van der Waals surface area contributed by atoms with Crippen LogP contribution in [-0.2, 0) is 10.2 Å². The molecule has 0 aliphatic rings. The van der Waals surface area contributed by atoms with Gasteiger partial charge in [0.15, 0.2) is 0 Å². The van der Waals surface area contributed by atoms with Gasteiger partial charge in [-0.15, -0.1) is 12.4 Å². The lowest BCUT2D eigenvalue weighted by atomic mass is 9.84. The summed E-state index contributed by atoms with van der Waals surface area (Å²) < 4.78 is 0. The molecular weight excluding hydrogens is 271 g/mol.